The molecular weight excluding hydrogens is 346 g/mol. The lowest BCUT2D eigenvalue weighted by molar-refractivity contribution is 0.625. The zero-order valence-electron chi connectivity index (χ0n) is 14.2. The minimum absolute atomic E-state index is 0.474. The van der Waals surface area contributed by atoms with Crippen LogP contribution in [0.5, 0.6) is 0 Å². The minimum Gasteiger partial charge on any atom is -0.454 e. The molecule has 1 aliphatic rings. The maximum atomic E-state index is 6.52. The van der Waals surface area contributed by atoms with Crippen LogP contribution in [0.2, 0.25) is 5.15 Å². The van der Waals surface area contributed by atoms with Crippen molar-refractivity contribution in [2.75, 3.05) is 0 Å². The molecule has 1 aliphatic carbocycles. The molecule has 5 heteroatoms. The van der Waals surface area contributed by atoms with E-state index in [1.165, 1.54) is 5.57 Å². The van der Waals surface area contributed by atoms with Crippen LogP contribution in [-0.2, 0) is 0 Å². The molecule has 0 aliphatic heterocycles. The number of allylic oxidation sites excluding steroid dienone is 4. The van der Waals surface area contributed by atoms with E-state index in [2.05, 4.69) is 35.2 Å². The lowest BCUT2D eigenvalue weighted by atomic mass is 9.92. The highest BCUT2D eigenvalue weighted by Gasteiger charge is 2.17. The van der Waals surface area contributed by atoms with Crippen LogP contribution in [0.4, 0.5) is 0 Å². The summed E-state index contributed by atoms with van der Waals surface area (Å²) < 4.78 is 7.70. The van der Waals surface area contributed by atoms with Gasteiger partial charge in [-0.3, -0.25) is 0 Å². The highest BCUT2D eigenvalue weighted by atomic mass is 35.5. The molecule has 1 aromatic carbocycles. The lowest BCUT2D eigenvalue weighted by Crippen LogP contribution is -2.02. The summed E-state index contributed by atoms with van der Waals surface area (Å²) in [6, 6.07) is 11.9. The predicted molar refractivity (Wildman–Crippen MR) is 104 cm³/mol. The van der Waals surface area contributed by atoms with Gasteiger partial charge in [0, 0.05) is 10.9 Å². The Morgan fingerprint density at radius 3 is 2.96 bits per heavy atom. The van der Waals surface area contributed by atoms with E-state index in [1.54, 1.807) is 10.7 Å². The molecule has 4 nitrogen and oxygen atoms in total. The van der Waals surface area contributed by atoms with E-state index < -0.39 is 0 Å². The molecule has 0 N–H and O–H groups in total. The first kappa shape index (κ1) is 15.4. The van der Waals surface area contributed by atoms with Crippen molar-refractivity contribution in [2.45, 2.75) is 13.3 Å². The number of para-hydroxylation sites is 1. The predicted octanol–water partition coefficient (Wildman–Crippen LogP) is 5.78. The Bertz CT molecular complexity index is 1170. The monoisotopic (exact) mass is 361 g/mol. The Morgan fingerprint density at radius 2 is 2.12 bits per heavy atom. The van der Waals surface area contributed by atoms with Crippen molar-refractivity contribution in [1.82, 2.24) is 14.6 Å². The third-order valence-corrected chi connectivity index (χ3v) is 5.03. The molecule has 1 atom stereocenters. The molecule has 3 heterocycles. The fourth-order valence-electron chi connectivity index (χ4n) is 3.44. The topological polar surface area (TPSA) is 43.3 Å². The molecule has 0 saturated carbocycles. The summed E-state index contributed by atoms with van der Waals surface area (Å²) in [6.07, 6.45) is 9.10. The summed E-state index contributed by atoms with van der Waals surface area (Å²) in [4.78, 5) is 4.52. The highest BCUT2D eigenvalue weighted by molar-refractivity contribution is 6.31. The Balaban J connectivity index is 1.64. The van der Waals surface area contributed by atoms with E-state index in [0.29, 0.717) is 11.1 Å². The Hall–Kier alpha value is -2.85. The van der Waals surface area contributed by atoms with E-state index in [0.717, 1.165) is 40.1 Å². The first-order chi connectivity index (χ1) is 12.7. The summed E-state index contributed by atoms with van der Waals surface area (Å²) in [7, 11) is 0. The van der Waals surface area contributed by atoms with Crippen molar-refractivity contribution in [3.8, 4) is 11.5 Å². The average Bonchev–Trinajstić information content (AvgIpc) is 3.24. The van der Waals surface area contributed by atoms with E-state index in [9.17, 15) is 0 Å². The van der Waals surface area contributed by atoms with Crippen LogP contribution >= 0.6 is 11.6 Å². The van der Waals surface area contributed by atoms with Crippen molar-refractivity contribution in [1.29, 1.82) is 0 Å². The van der Waals surface area contributed by atoms with Gasteiger partial charge in [-0.15, -0.1) is 0 Å². The zero-order valence-corrected chi connectivity index (χ0v) is 14.9. The minimum atomic E-state index is 0.474. The van der Waals surface area contributed by atoms with Crippen molar-refractivity contribution in [2.24, 2.45) is 5.92 Å². The quantitative estimate of drug-likeness (QED) is 0.455. The number of imidazole rings is 1. The Labute approximate surface area is 155 Å². The van der Waals surface area contributed by atoms with Crippen LogP contribution in [0, 0.1) is 5.92 Å². The average molecular weight is 362 g/mol. The molecule has 5 rings (SSSR count). The molecular formula is C21H16ClN3O. The number of hydrogen-bond acceptors (Lipinski definition) is 3. The molecule has 4 aromatic rings. The lowest BCUT2D eigenvalue weighted by Gasteiger charge is -2.15. The maximum absolute atomic E-state index is 6.52. The van der Waals surface area contributed by atoms with Gasteiger partial charge >= 0.3 is 0 Å². The van der Waals surface area contributed by atoms with E-state index >= 15 is 0 Å². The third-order valence-electron chi connectivity index (χ3n) is 4.75. The molecule has 3 aromatic heterocycles. The number of halogens is 1. The standard InChI is InChI=1S/C21H16ClN3O/c1-13-5-4-7-14(9-13)16-11-20-23-12-17(25(20)24-21(16)22)19-10-15-6-2-3-8-18(15)26-19/h2-8,10-13H,9H2,1H3. The van der Waals surface area contributed by atoms with Crippen molar-refractivity contribution < 1.29 is 4.42 Å². The number of hydrogen-bond donors (Lipinski definition) is 0. The third kappa shape index (κ3) is 2.45. The van der Waals surface area contributed by atoms with Crippen molar-refractivity contribution in [3.63, 3.8) is 0 Å². The van der Waals surface area contributed by atoms with Crippen LogP contribution in [0.15, 0.2) is 65.2 Å². The summed E-state index contributed by atoms with van der Waals surface area (Å²) in [6.45, 7) is 2.19. The summed E-state index contributed by atoms with van der Waals surface area (Å²) >= 11 is 6.52. The second-order valence-electron chi connectivity index (χ2n) is 6.67. The van der Waals surface area contributed by atoms with Gasteiger partial charge in [0.05, 0.1) is 6.20 Å². The van der Waals surface area contributed by atoms with Gasteiger partial charge in [0.1, 0.15) is 11.3 Å². The van der Waals surface area contributed by atoms with Crippen LogP contribution in [0.25, 0.3) is 33.6 Å². The molecule has 26 heavy (non-hydrogen) atoms. The second kappa shape index (κ2) is 5.85. The molecule has 0 saturated heterocycles. The smallest absolute Gasteiger partial charge is 0.157 e. The van der Waals surface area contributed by atoms with Crippen LogP contribution < -0.4 is 0 Å². The second-order valence-corrected chi connectivity index (χ2v) is 7.03. The number of rotatable bonds is 2. The van der Waals surface area contributed by atoms with Gasteiger partial charge in [0.25, 0.3) is 0 Å². The Kier molecular flexibility index (Phi) is 3.47. The normalized spacial score (nSPS) is 17.2. The molecule has 0 fully saturated rings. The number of aromatic nitrogens is 3. The van der Waals surface area contributed by atoms with Crippen LogP contribution in [0.1, 0.15) is 18.9 Å². The van der Waals surface area contributed by atoms with Gasteiger partial charge in [0.15, 0.2) is 16.6 Å². The van der Waals surface area contributed by atoms with Crippen LogP contribution in [0.3, 0.4) is 0 Å². The first-order valence-electron chi connectivity index (χ1n) is 8.60. The van der Waals surface area contributed by atoms with Crippen molar-refractivity contribution in [3.05, 3.63) is 71.5 Å². The Morgan fingerprint density at radius 1 is 1.23 bits per heavy atom. The molecule has 1 unspecified atom stereocenters. The molecule has 0 radical (unpaired) electrons. The van der Waals surface area contributed by atoms with Gasteiger partial charge in [0.2, 0.25) is 0 Å². The number of benzene rings is 1. The van der Waals surface area contributed by atoms with Crippen LogP contribution in [-0.4, -0.2) is 14.6 Å². The summed E-state index contributed by atoms with van der Waals surface area (Å²) in [5.41, 5.74) is 4.51. The van der Waals surface area contributed by atoms with Gasteiger partial charge in [-0.2, -0.15) is 5.10 Å². The van der Waals surface area contributed by atoms with E-state index in [-0.39, 0.29) is 0 Å². The van der Waals surface area contributed by atoms with Gasteiger partial charge in [-0.05, 0) is 36.1 Å². The molecule has 0 bridgehead atoms. The van der Waals surface area contributed by atoms with E-state index in [4.69, 9.17) is 16.0 Å². The number of furan rings is 1. The summed E-state index contributed by atoms with van der Waals surface area (Å²) in [5.74, 6) is 1.22. The fourth-order valence-corrected chi connectivity index (χ4v) is 3.69. The molecule has 0 amide bonds. The largest absolute Gasteiger partial charge is 0.454 e. The molecule has 128 valence electrons. The van der Waals surface area contributed by atoms with E-state index in [1.807, 2.05) is 36.4 Å². The fraction of sp³-hybridized carbons (Fsp3) is 0.143. The van der Waals surface area contributed by atoms with Gasteiger partial charge < -0.3 is 4.42 Å². The maximum Gasteiger partial charge on any atom is 0.157 e. The highest BCUT2D eigenvalue weighted by Crippen LogP contribution is 2.33. The van der Waals surface area contributed by atoms with Crippen molar-refractivity contribution >= 4 is 33.8 Å². The zero-order chi connectivity index (χ0) is 17.7. The first-order valence-corrected chi connectivity index (χ1v) is 8.98. The SMILES string of the molecule is CC1C=CC=C(c2cc3ncc(-c4cc5ccccc5o4)n3nc2Cl)C1. The van der Waals surface area contributed by atoms with Gasteiger partial charge in [-0.1, -0.05) is 55.0 Å². The number of nitrogens with zero attached hydrogens (tertiary/aromatic N) is 3. The summed E-state index contributed by atoms with van der Waals surface area (Å²) in [5, 5.41) is 6.10. The molecule has 0 spiro atoms. The number of fused-ring (bicyclic) bond motifs is 2. The van der Waals surface area contributed by atoms with Gasteiger partial charge in [-0.25, -0.2) is 9.50 Å².